The Morgan fingerprint density at radius 3 is 2.74 bits per heavy atom. The summed E-state index contributed by atoms with van der Waals surface area (Å²) in [4.78, 5) is 1.60. The van der Waals surface area contributed by atoms with Crippen LogP contribution < -0.4 is 5.32 Å². The van der Waals surface area contributed by atoms with Crippen molar-refractivity contribution in [2.45, 2.75) is 38.4 Å². The SMILES string of the molecule is CCn1ncc(CNC2(c3ccc(F)cc3F)CCOCC2)n1. The largest absolute Gasteiger partial charge is 0.381 e. The number of ether oxygens (including phenoxy) is 1. The van der Waals surface area contributed by atoms with Crippen molar-refractivity contribution < 1.29 is 13.5 Å². The van der Waals surface area contributed by atoms with E-state index in [0.717, 1.165) is 11.8 Å². The van der Waals surface area contributed by atoms with Crippen molar-refractivity contribution in [1.29, 1.82) is 0 Å². The van der Waals surface area contributed by atoms with Gasteiger partial charge in [0.1, 0.15) is 11.6 Å². The van der Waals surface area contributed by atoms with E-state index in [9.17, 15) is 8.78 Å². The Hall–Kier alpha value is -1.86. The third kappa shape index (κ3) is 3.40. The molecule has 3 rings (SSSR count). The molecule has 7 heteroatoms. The zero-order chi connectivity index (χ0) is 16.3. The van der Waals surface area contributed by atoms with Crippen molar-refractivity contribution in [3.63, 3.8) is 0 Å². The number of rotatable bonds is 5. The Kier molecular flexibility index (Phi) is 4.68. The number of nitrogens with zero attached hydrogens (tertiary/aromatic N) is 3. The number of halogens is 2. The fourth-order valence-electron chi connectivity index (χ4n) is 2.97. The summed E-state index contributed by atoms with van der Waals surface area (Å²) in [5.41, 5.74) is 0.691. The second-order valence-electron chi connectivity index (χ2n) is 5.70. The average molecular weight is 322 g/mol. The second kappa shape index (κ2) is 6.72. The number of aryl methyl sites for hydroxylation is 1. The fourth-order valence-corrected chi connectivity index (χ4v) is 2.97. The molecule has 1 aromatic carbocycles. The first-order valence-electron chi connectivity index (χ1n) is 7.80. The van der Waals surface area contributed by atoms with Gasteiger partial charge in [-0.1, -0.05) is 6.07 Å². The third-order valence-electron chi connectivity index (χ3n) is 4.27. The van der Waals surface area contributed by atoms with Crippen LogP contribution in [0.5, 0.6) is 0 Å². The van der Waals surface area contributed by atoms with E-state index in [1.807, 2.05) is 6.92 Å². The molecule has 1 aromatic heterocycles. The molecular weight excluding hydrogens is 302 g/mol. The summed E-state index contributed by atoms with van der Waals surface area (Å²) in [6, 6.07) is 3.75. The number of hydrogen-bond donors (Lipinski definition) is 1. The molecule has 23 heavy (non-hydrogen) atoms. The molecule has 124 valence electrons. The van der Waals surface area contributed by atoms with Crippen LogP contribution in [0.1, 0.15) is 31.0 Å². The third-order valence-corrected chi connectivity index (χ3v) is 4.27. The maximum Gasteiger partial charge on any atom is 0.131 e. The van der Waals surface area contributed by atoms with Gasteiger partial charge >= 0.3 is 0 Å². The molecule has 0 atom stereocenters. The summed E-state index contributed by atoms with van der Waals surface area (Å²) in [5, 5.41) is 11.9. The van der Waals surface area contributed by atoms with Crippen molar-refractivity contribution >= 4 is 0 Å². The molecule has 2 heterocycles. The van der Waals surface area contributed by atoms with Crippen molar-refractivity contribution in [3.8, 4) is 0 Å². The fraction of sp³-hybridized carbons (Fsp3) is 0.500. The average Bonchev–Trinajstić information content (AvgIpc) is 3.02. The van der Waals surface area contributed by atoms with Crippen molar-refractivity contribution in [1.82, 2.24) is 20.3 Å². The summed E-state index contributed by atoms with van der Waals surface area (Å²) in [7, 11) is 0. The van der Waals surface area contributed by atoms with Crippen LogP contribution in [0.25, 0.3) is 0 Å². The van der Waals surface area contributed by atoms with Gasteiger partial charge < -0.3 is 10.1 Å². The van der Waals surface area contributed by atoms with Gasteiger partial charge in [0, 0.05) is 31.4 Å². The first-order valence-corrected chi connectivity index (χ1v) is 7.80. The van der Waals surface area contributed by atoms with E-state index >= 15 is 0 Å². The van der Waals surface area contributed by atoms with Crippen LogP contribution in [-0.4, -0.2) is 28.2 Å². The van der Waals surface area contributed by atoms with Crippen LogP contribution in [-0.2, 0) is 23.4 Å². The number of hydrogen-bond acceptors (Lipinski definition) is 4. The topological polar surface area (TPSA) is 52.0 Å². The second-order valence-corrected chi connectivity index (χ2v) is 5.70. The molecule has 0 unspecified atom stereocenters. The van der Waals surface area contributed by atoms with Crippen LogP contribution in [0.15, 0.2) is 24.4 Å². The van der Waals surface area contributed by atoms with Gasteiger partial charge in [0.25, 0.3) is 0 Å². The predicted molar refractivity (Wildman–Crippen MR) is 80.6 cm³/mol. The van der Waals surface area contributed by atoms with Gasteiger partial charge in [-0.15, -0.1) is 0 Å². The molecule has 0 radical (unpaired) electrons. The first kappa shape index (κ1) is 16.0. The van der Waals surface area contributed by atoms with Crippen LogP contribution in [0.3, 0.4) is 0 Å². The molecule has 1 aliphatic rings. The zero-order valence-electron chi connectivity index (χ0n) is 13.1. The lowest BCUT2D eigenvalue weighted by molar-refractivity contribution is 0.0342. The van der Waals surface area contributed by atoms with Crippen LogP contribution in [0.4, 0.5) is 8.78 Å². The van der Waals surface area contributed by atoms with E-state index in [1.165, 1.54) is 12.1 Å². The summed E-state index contributed by atoms with van der Waals surface area (Å²) < 4.78 is 33.0. The Bertz CT molecular complexity index is 668. The van der Waals surface area contributed by atoms with Crippen LogP contribution >= 0.6 is 0 Å². The minimum absolute atomic E-state index is 0.469. The van der Waals surface area contributed by atoms with Gasteiger partial charge in [-0.05, 0) is 25.8 Å². The monoisotopic (exact) mass is 322 g/mol. The molecule has 0 aliphatic carbocycles. The quantitative estimate of drug-likeness (QED) is 0.918. The van der Waals surface area contributed by atoms with Gasteiger partial charge in [0.15, 0.2) is 0 Å². The van der Waals surface area contributed by atoms with Gasteiger partial charge in [-0.25, -0.2) is 8.78 Å². The lowest BCUT2D eigenvalue weighted by Gasteiger charge is -2.38. The van der Waals surface area contributed by atoms with Gasteiger partial charge in [0.2, 0.25) is 0 Å². The number of aromatic nitrogens is 3. The first-order chi connectivity index (χ1) is 11.1. The Morgan fingerprint density at radius 2 is 2.09 bits per heavy atom. The summed E-state index contributed by atoms with van der Waals surface area (Å²) in [6.07, 6.45) is 2.94. The molecule has 0 amide bonds. The maximum atomic E-state index is 14.3. The molecule has 1 saturated heterocycles. The highest BCUT2D eigenvalue weighted by molar-refractivity contribution is 5.28. The van der Waals surface area contributed by atoms with E-state index in [4.69, 9.17) is 4.74 Å². The van der Waals surface area contributed by atoms with Crippen molar-refractivity contribution in [2.24, 2.45) is 0 Å². The van der Waals surface area contributed by atoms with Gasteiger partial charge in [-0.3, -0.25) is 0 Å². The van der Waals surface area contributed by atoms with Crippen LogP contribution in [0, 0.1) is 11.6 Å². The molecule has 0 bridgehead atoms. The summed E-state index contributed by atoms with van der Waals surface area (Å²) >= 11 is 0. The van der Waals surface area contributed by atoms with Gasteiger partial charge in [-0.2, -0.15) is 15.0 Å². The predicted octanol–water partition coefficient (Wildman–Crippen LogP) is 2.37. The van der Waals surface area contributed by atoms with Crippen molar-refractivity contribution in [2.75, 3.05) is 13.2 Å². The standard InChI is InChI=1S/C16H20F2N4O/c1-2-22-20-11-13(21-22)10-19-16(5-7-23-8-6-16)14-4-3-12(17)9-15(14)18/h3-4,9,11,19H,2,5-8,10H2,1H3. The molecular formula is C16H20F2N4O. The Balaban J connectivity index is 1.84. The van der Waals surface area contributed by atoms with Crippen molar-refractivity contribution in [3.05, 3.63) is 47.3 Å². The van der Waals surface area contributed by atoms with Gasteiger partial charge in [0.05, 0.1) is 24.0 Å². The minimum atomic E-state index is -0.577. The molecule has 1 fully saturated rings. The van der Waals surface area contributed by atoms with Crippen LogP contribution in [0.2, 0.25) is 0 Å². The highest BCUT2D eigenvalue weighted by Gasteiger charge is 2.36. The number of benzene rings is 1. The molecule has 5 nitrogen and oxygen atoms in total. The van der Waals surface area contributed by atoms with E-state index in [0.29, 0.717) is 44.7 Å². The molecule has 1 aliphatic heterocycles. The molecule has 0 spiro atoms. The summed E-state index contributed by atoms with van der Waals surface area (Å²) in [6.45, 7) is 4.20. The normalized spacial score (nSPS) is 17.3. The van der Waals surface area contributed by atoms with E-state index in [1.54, 1.807) is 11.0 Å². The summed E-state index contributed by atoms with van der Waals surface area (Å²) in [5.74, 6) is -1.10. The van der Waals surface area contributed by atoms with E-state index in [-0.39, 0.29) is 0 Å². The lowest BCUT2D eigenvalue weighted by Crippen LogP contribution is -2.47. The molecule has 1 N–H and O–H groups in total. The number of nitrogens with one attached hydrogen (secondary N) is 1. The smallest absolute Gasteiger partial charge is 0.131 e. The molecule has 2 aromatic rings. The maximum absolute atomic E-state index is 14.3. The molecule has 0 saturated carbocycles. The highest BCUT2D eigenvalue weighted by atomic mass is 19.1. The Morgan fingerprint density at radius 1 is 1.30 bits per heavy atom. The van der Waals surface area contributed by atoms with E-state index in [2.05, 4.69) is 15.5 Å². The highest BCUT2D eigenvalue weighted by Crippen LogP contribution is 2.34. The lowest BCUT2D eigenvalue weighted by atomic mass is 9.82. The Labute approximate surface area is 133 Å². The van der Waals surface area contributed by atoms with E-state index < -0.39 is 17.2 Å². The minimum Gasteiger partial charge on any atom is -0.381 e. The zero-order valence-corrected chi connectivity index (χ0v) is 13.1.